The van der Waals surface area contributed by atoms with E-state index in [1.165, 1.54) is 5.56 Å². The number of aromatic hydroxyl groups is 1. The van der Waals surface area contributed by atoms with Gasteiger partial charge in [0, 0.05) is 0 Å². The van der Waals surface area contributed by atoms with Crippen molar-refractivity contribution in [3.63, 3.8) is 0 Å². The van der Waals surface area contributed by atoms with E-state index in [9.17, 15) is 10.2 Å². The number of benzene rings is 1. The van der Waals surface area contributed by atoms with Gasteiger partial charge < -0.3 is 10.2 Å². The molecule has 1 atom stereocenters. The summed E-state index contributed by atoms with van der Waals surface area (Å²) in [6.07, 6.45) is 1.37. The fourth-order valence-corrected chi connectivity index (χ4v) is 1.50. The standard InChI is InChI=1S/C12H18O2/c1-8(13)4-5-11-6-7-12(14)10(3)9(11)2/h6-8,13-14H,4-5H2,1-3H3. The molecule has 0 aliphatic heterocycles. The van der Waals surface area contributed by atoms with Gasteiger partial charge in [-0.2, -0.15) is 0 Å². The summed E-state index contributed by atoms with van der Waals surface area (Å²) in [7, 11) is 0. The quantitative estimate of drug-likeness (QED) is 0.775. The molecule has 0 amide bonds. The van der Waals surface area contributed by atoms with Crippen LogP contribution in [0.1, 0.15) is 30.0 Å². The van der Waals surface area contributed by atoms with Crippen LogP contribution < -0.4 is 0 Å². The Hall–Kier alpha value is -1.02. The van der Waals surface area contributed by atoms with Gasteiger partial charge in [0.2, 0.25) is 0 Å². The van der Waals surface area contributed by atoms with Crippen molar-refractivity contribution in [2.45, 2.75) is 39.7 Å². The molecule has 1 aromatic rings. The molecule has 2 N–H and O–H groups in total. The van der Waals surface area contributed by atoms with Gasteiger partial charge in [-0.25, -0.2) is 0 Å². The zero-order valence-electron chi connectivity index (χ0n) is 9.04. The van der Waals surface area contributed by atoms with Crippen LogP contribution in [-0.2, 0) is 6.42 Å². The van der Waals surface area contributed by atoms with Crippen LogP contribution in [0, 0.1) is 13.8 Å². The average Bonchev–Trinajstić information content (AvgIpc) is 2.13. The number of phenolic OH excluding ortho intramolecular Hbond substituents is 1. The zero-order valence-corrected chi connectivity index (χ0v) is 9.04. The Kier molecular flexibility index (Phi) is 3.53. The molecule has 1 aromatic carbocycles. The Balaban J connectivity index is 2.83. The molecule has 1 rings (SSSR count). The molecule has 0 fully saturated rings. The molecule has 0 saturated heterocycles. The van der Waals surface area contributed by atoms with Gasteiger partial charge in [0.05, 0.1) is 6.10 Å². The molecule has 0 spiro atoms. The minimum atomic E-state index is -0.261. The lowest BCUT2D eigenvalue weighted by Crippen LogP contribution is -2.03. The molecule has 0 aromatic heterocycles. The number of hydrogen-bond acceptors (Lipinski definition) is 2. The van der Waals surface area contributed by atoms with Gasteiger partial charge in [-0.3, -0.25) is 0 Å². The molecule has 0 heterocycles. The van der Waals surface area contributed by atoms with E-state index in [1.807, 2.05) is 19.9 Å². The van der Waals surface area contributed by atoms with Crippen molar-refractivity contribution in [1.29, 1.82) is 0 Å². The summed E-state index contributed by atoms with van der Waals surface area (Å²) >= 11 is 0. The molecule has 1 unspecified atom stereocenters. The first-order chi connectivity index (χ1) is 6.52. The highest BCUT2D eigenvalue weighted by atomic mass is 16.3. The molecule has 14 heavy (non-hydrogen) atoms. The van der Waals surface area contributed by atoms with Gasteiger partial charge in [-0.15, -0.1) is 0 Å². The van der Waals surface area contributed by atoms with E-state index in [4.69, 9.17) is 0 Å². The summed E-state index contributed by atoms with van der Waals surface area (Å²) in [6, 6.07) is 3.65. The van der Waals surface area contributed by atoms with Crippen LogP contribution in [0.2, 0.25) is 0 Å². The van der Waals surface area contributed by atoms with E-state index in [1.54, 1.807) is 13.0 Å². The van der Waals surface area contributed by atoms with Crippen molar-refractivity contribution >= 4 is 0 Å². The average molecular weight is 194 g/mol. The van der Waals surface area contributed by atoms with Crippen LogP contribution in [0.25, 0.3) is 0 Å². The van der Waals surface area contributed by atoms with E-state index in [0.29, 0.717) is 5.75 Å². The molecule has 0 saturated carbocycles. The largest absolute Gasteiger partial charge is 0.508 e. The Morgan fingerprint density at radius 2 is 1.86 bits per heavy atom. The number of rotatable bonds is 3. The smallest absolute Gasteiger partial charge is 0.118 e. The van der Waals surface area contributed by atoms with Crippen molar-refractivity contribution in [2.75, 3.05) is 0 Å². The number of aliphatic hydroxyl groups excluding tert-OH is 1. The van der Waals surface area contributed by atoms with Crippen molar-refractivity contribution < 1.29 is 10.2 Å². The van der Waals surface area contributed by atoms with Gasteiger partial charge in [0.25, 0.3) is 0 Å². The highest BCUT2D eigenvalue weighted by Gasteiger charge is 2.06. The third kappa shape index (κ3) is 2.48. The van der Waals surface area contributed by atoms with Crippen LogP contribution in [0.3, 0.4) is 0 Å². The first kappa shape index (κ1) is 11.1. The Labute approximate surface area is 85.2 Å². The van der Waals surface area contributed by atoms with Gasteiger partial charge in [-0.1, -0.05) is 6.07 Å². The van der Waals surface area contributed by atoms with Crippen molar-refractivity contribution in [2.24, 2.45) is 0 Å². The monoisotopic (exact) mass is 194 g/mol. The summed E-state index contributed by atoms with van der Waals surface area (Å²) in [5, 5.41) is 18.6. The summed E-state index contributed by atoms with van der Waals surface area (Å²) in [4.78, 5) is 0. The predicted molar refractivity (Wildman–Crippen MR) is 57.6 cm³/mol. The Morgan fingerprint density at radius 3 is 2.43 bits per heavy atom. The Morgan fingerprint density at radius 1 is 1.21 bits per heavy atom. The van der Waals surface area contributed by atoms with Gasteiger partial charge in [0.15, 0.2) is 0 Å². The van der Waals surface area contributed by atoms with Crippen LogP contribution >= 0.6 is 0 Å². The lowest BCUT2D eigenvalue weighted by Gasteiger charge is -2.11. The normalized spacial score (nSPS) is 12.9. The second-order valence-electron chi connectivity index (χ2n) is 3.88. The van der Waals surface area contributed by atoms with E-state index >= 15 is 0 Å². The molecule has 78 valence electrons. The molecule has 0 bridgehead atoms. The van der Waals surface area contributed by atoms with Gasteiger partial charge >= 0.3 is 0 Å². The molecule has 2 heteroatoms. The minimum Gasteiger partial charge on any atom is -0.508 e. The fraction of sp³-hybridized carbons (Fsp3) is 0.500. The summed E-state index contributed by atoms with van der Waals surface area (Å²) in [6.45, 7) is 5.71. The molecule has 0 aliphatic rings. The lowest BCUT2D eigenvalue weighted by molar-refractivity contribution is 0.185. The van der Waals surface area contributed by atoms with E-state index in [2.05, 4.69) is 0 Å². The first-order valence-electron chi connectivity index (χ1n) is 4.98. The molecule has 0 radical (unpaired) electrons. The van der Waals surface area contributed by atoms with Gasteiger partial charge in [0.1, 0.15) is 5.75 Å². The third-order valence-corrected chi connectivity index (χ3v) is 2.70. The highest BCUT2D eigenvalue weighted by molar-refractivity contribution is 5.42. The van der Waals surface area contributed by atoms with Crippen LogP contribution in [-0.4, -0.2) is 16.3 Å². The second kappa shape index (κ2) is 4.47. The number of phenols is 1. The molecule has 2 nitrogen and oxygen atoms in total. The number of aliphatic hydroxyl groups is 1. The maximum atomic E-state index is 9.45. The zero-order chi connectivity index (χ0) is 10.7. The molecule has 0 aliphatic carbocycles. The SMILES string of the molecule is Cc1c(O)ccc(CCC(C)O)c1C. The highest BCUT2D eigenvalue weighted by Crippen LogP contribution is 2.23. The predicted octanol–water partition coefficient (Wildman–Crippen LogP) is 2.32. The summed E-state index contributed by atoms with van der Waals surface area (Å²) in [5.74, 6) is 0.350. The third-order valence-electron chi connectivity index (χ3n) is 2.70. The summed E-state index contributed by atoms with van der Waals surface area (Å²) < 4.78 is 0. The summed E-state index contributed by atoms with van der Waals surface area (Å²) in [5.41, 5.74) is 3.28. The van der Waals surface area contributed by atoms with Gasteiger partial charge in [-0.05, 0) is 56.4 Å². The maximum Gasteiger partial charge on any atom is 0.118 e. The topological polar surface area (TPSA) is 40.5 Å². The maximum absolute atomic E-state index is 9.45. The van der Waals surface area contributed by atoms with Crippen molar-refractivity contribution in [1.82, 2.24) is 0 Å². The number of aryl methyl sites for hydroxylation is 1. The molecular weight excluding hydrogens is 176 g/mol. The van der Waals surface area contributed by atoms with Crippen molar-refractivity contribution in [3.05, 3.63) is 28.8 Å². The van der Waals surface area contributed by atoms with E-state index in [-0.39, 0.29) is 6.10 Å². The van der Waals surface area contributed by atoms with E-state index in [0.717, 1.165) is 24.0 Å². The minimum absolute atomic E-state index is 0.261. The number of hydrogen-bond donors (Lipinski definition) is 2. The van der Waals surface area contributed by atoms with E-state index < -0.39 is 0 Å². The fourth-order valence-electron chi connectivity index (χ4n) is 1.50. The second-order valence-corrected chi connectivity index (χ2v) is 3.88. The Bertz CT molecular complexity index is 316. The van der Waals surface area contributed by atoms with Crippen LogP contribution in [0.5, 0.6) is 5.75 Å². The first-order valence-corrected chi connectivity index (χ1v) is 4.98. The lowest BCUT2D eigenvalue weighted by atomic mass is 9.98. The molecular formula is C12H18O2. The van der Waals surface area contributed by atoms with Crippen LogP contribution in [0.4, 0.5) is 0 Å². The van der Waals surface area contributed by atoms with Crippen molar-refractivity contribution in [3.8, 4) is 5.75 Å². The van der Waals surface area contributed by atoms with Crippen LogP contribution in [0.15, 0.2) is 12.1 Å².